The third-order valence-electron chi connectivity index (χ3n) is 2.26. The van der Waals surface area contributed by atoms with E-state index in [1.165, 1.54) is 24.0 Å². The fourth-order valence-corrected chi connectivity index (χ4v) is 2.16. The predicted octanol–water partition coefficient (Wildman–Crippen LogP) is 1.98. The Morgan fingerprint density at radius 3 is 2.76 bits per heavy atom. The third kappa shape index (κ3) is 2.65. The van der Waals surface area contributed by atoms with Crippen molar-refractivity contribution < 1.29 is 0 Å². The van der Waals surface area contributed by atoms with E-state index in [0.29, 0.717) is 15.3 Å². The number of H-pyrrole nitrogens is 1. The first-order chi connectivity index (χ1) is 8.08. The van der Waals surface area contributed by atoms with Crippen molar-refractivity contribution in [2.75, 3.05) is 0 Å². The van der Waals surface area contributed by atoms with E-state index in [1.54, 1.807) is 0 Å². The molecule has 0 atom stereocenters. The number of nitrogens with zero attached hydrogens (tertiary/aromatic N) is 3. The van der Waals surface area contributed by atoms with Gasteiger partial charge in [-0.2, -0.15) is 0 Å². The Labute approximate surface area is 107 Å². The number of halogens is 1. The summed E-state index contributed by atoms with van der Waals surface area (Å²) in [4.78, 5) is 17.8. The van der Waals surface area contributed by atoms with Crippen LogP contribution < -0.4 is 5.56 Å². The van der Waals surface area contributed by atoms with Crippen LogP contribution in [-0.2, 0) is 0 Å². The smallest absolute Gasteiger partial charge is 0.251 e. The Morgan fingerprint density at radius 2 is 2.06 bits per heavy atom. The zero-order valence-electron chi connectivity index (χ0n) is 9.19. The molecule has 2 heterocycles. The van der Waals surface area contributed by atoms with Crippen LogP contribution in [0.1, 0.15) is 11.1 Å². The monoisotopic (exact) mass is 268 g/mol. The van der Waals surface area contributed by atoms with E-state index >= 15 is 0 Å². The van der Waals surface area contributed by atoms with Gasteiger partial charge < -0.3 is 4.98 Å². The van der Waals surface area contributed by atoms with Crippen molar-refractivity contribution in [2.24, 2.45) is 0 Å². The fourth-order valence-electron chi connectivity index (χ4n) is 1.15. The summed E-state index contributed by atoms with van der Waals surface area (Å²) < 4.78 is 0. The van der Waals surface area contributed by atoms with Crippen LogP contribution >= 0.6 is 23.4 Å². The molecule has 0 bridgehead atoms. The molecule has 0 aliphatic heterocycles. The van der Waals surface area contributed by atoms with Gasteiger partial charge in [-0.05, 0) is 36.7 Å². The summed E-state index contributed by atoms with van der Waals surface area (Å²) in [5.74, 6) is 0. The Hall–Kier alpha value is -1.40. The van der Waals surface area contributed by atoms with Gasteiger partial charge in [-0.15, -0.1) is 10.2 Å². The summed E-state index contributed by atoms with van der Waals surface area (Å²) >= 11 is 7.11. The van der Waals surface area contributed by atoms with Crippen LogP contribution in [0.5, 0.6) is 0 Å². The highest BCUT2D eigenvalue weighted by Gasteiger charge is 2.10. The van der Waals surface area contributed by atoms with Gasteiger partial charge in [0.2, 0.25) is 0 Å². The maximum Gasteiger partial charge on any atom is 0.251 e. The van der Waals surface area contributed by atoms with Crippen LogP contribution in [0.3, 0.4) is 0 Å². The predicted molar refractivity (Wildman–Crippen MR) is 65.5 cm³/mol. The Balaban J connectivity index is 2.37. The molecule has 0 amide bonds. The quantitative estimate of drug-likeness (QED) is 0.844. The lowest BCUT2D eigenvalue weighted by Gasteiger charge is -2.06. The molecule has 0 fully saturated rings. The summed E-state index contributed by atoms with van der Waals surface area (Å²) in [6, 6.07) is 1.36. The van der Waals surface area contributed by atoms with Crippen molar-refractivity contribution in [1.29, 1.82) is 0 Å². The molecule has 0 spiro atoms. The van der Waals surface area contributed by atoms with Crippen molar-refractivity contribution in [3.05, 3.63) is 38.9 Å². The maximum absolute atomic E-state index is 11.1. The van der Waals surface area contributed by atoms with Crippen molar-refractivity contribution >= 4 is 23.4 Å². The lowest BCUT2D eigenvalue weighted by Crippen LogP contribution is -2.05. The van der Waals surface area contributed by atoms with E-state index in [4.69, 9.17) is 11.6 Å². The van der Waals surface area contributed by atoms with Crippen LogP contribution in [0.25, 0.3) is 0 Å². The van der Waals surface area contributed by atoms with Gasteiger partial charge in [0.25, 0.3) is 5.56 Å². The van der Waals surface area contributed by atoms with Gasteiger partial charge in [-0.1, -0.05) is 11.6 Å². The van der Waals surface area contributed by atoms with Gasteiger partial charge >= 0.3 is 0 Å². The van der Waals surface area contributed by atoms with E-state index in [0.717, 1.165) is 11.1 Å². The van der Waals surface area contributed by atoms with Crippen molar-refractivity contribution in [3.8, 4) is 0 Å². The number of aromatic nitrogens is 4. The highest BCUT2D eigenvalue weighted by Crippen LogP contribution is 2.28. The fraction of sp³-hybridized carbons (Fsp3) is 0.200. The van der Waals surface area contributed by atoms with Crippen LogP contribution in [0.2, 0.25) is 5.15 Å². The lowest BCUT2D eigenvalue weighted by molar-refractivity contribution is 0.876. The van der Waals surface area contributed by atoms with Crippen molar-refractivity contribution in [2.45, 2.75) is 24.0 Å². The van der Waals surface area contributed by atoms with E-state index in [-0.39, 0.29) is 5.56 Å². The molecule has 0 saturated heterocycles. The molecule has 0 saturated carbocycles. The molecule has 17 heavy (non-hydrogen) atoms. The highest BCUT2D eigenvalue weighted by molar-refractivity contribution is 7.99. The minimum Gasteiger partial charge on any atom is -0.301 e. The van der Waals surface area contributed by atoms with Crippen LogP contribution in [0, 0.1) is 13.8 Å². The second kappa shape index (κ2) is 4.85. The van der Waals surface area contributed by atoms with Gasteiger partial charge in [-0.3, -0.25) is 4.79 Å². The normalized spacial score (nSPS) is 10.5. The molecular formula is C10H9ClN4OS. The van der Waals surface area contributed by atoms with Crippen molar-refractivity contribution in [1.82, 2.24) is 20.2 Å². The van der Waals surface area contributed by atoms with Gasteiger partial charge in [0.1, 0.15) is 5.03 Å². The first-order valence-corrected chi connectivity index (χ1v) is 6.00. The minimum absolute atomic E-state index is 0.196. The van der Waals surface area contributed by atoms with Gasteiger partial charge in [0.15, 0.2) is 10.3 Å². The standard InChI is InChI=1S/C10H9ClN4OS/c1-5-6(2)9(15-14-8(5)11)17-10-12-4-3-7(16)13-10/h3-4H,1-2H3,(H,12,13,16). The summed E-state index contributed by atoms with van der Waals surface area (Å²) in [7, 11) is 0. The lowest BCUT2D eigenvalue weighted by atomic mass is 10.2. The molecule has 0 aromatic carbocycles. The van der Waals surface area contributed by atoms with Gasteiger partial charge in [-0.25, -0.2) is 4.98 Å². The largest absolute Gasteiger partial charge is 0.301 e. The van der Waals surface area contributed by atoms with Crippen LogP contribution in [0.15, 0.2) is 27.2 Å². The molecule has 2 aromatic rings. The van der Waals surface area contributed by atoms with E-state index in [1.807, 2.05) is 13.8 Å². The molecular weight excluding hydrogens is 260 g/mol. The SMILES string of the molecule is Cc1c(Cl)nnc(Sc2nccc(=O)[nH]2)c1C. The number of hydrogen-bond donors (Lipinski definition) is 1. The van der Waals surface area contributed by atoms with Crippen LogP contribution in [-0.4, -0.2) is 20.2 Å². The average molecular weight is 269 g/mol. The molecule has 0 aliphatic rings. The van der Waals surface area contributed by atoms with Gasteiger partial charge in [0.05, 0.1) is 0 Å². The van der Waals surface area contributed by atoms with E-state index in [2.05, 4.69) is 20.2 Å². The molecule has 0 radical (unpaired) electrons. The topological polar surface area (TPSA) is 71.5 Å². The maximum atomic E-state index is 11.1. The zero-order valence-corrected chi connectivity index (χ0v) is 10.8. The summed E-state index contributed by atoms with van der Waals surface area (Å²) in [6.45, 7) is 3.77. The third-order valence-corrected chi connectivity index (χ3v) is 3.60. The average Bonchev–Trinajstić information content (AvgIpc) is 2.30. The number of rotatable bonds is 2. The summed E-state index contributed by atoms with van der Waals surface area (Å²) in [5, 5.41) is 9.37. The second-order valence-electron chi connectivity index (χ2n) is 3.39. The Kier molecular flexibility index (Phi) is 3.44. The molecule has 1 N–H and O–H groups in total. The van der Waals surface area contributed by atoms with E-state index in [9.17, 15) is 4.79 Å². The molecule has 0 unspecified atom stereocenters. The van der Waals surface area contributed by atoms with Gasteiger partial charge in [0, 0.05) is 12.3 Å². The molecule has 2 aromatic heterocycles. The number of aromatic amines is 1. The second-order valence-corrected chi connectivity index (χ2v) is 4.72. The van der Waals surface area contributed by atoms with E-state index < -0.39 is 0 Å². The Bertz CT molecular complexity index is 613. The molecule has 88 valence electrons. The summed E-state index contributed by atoms with van der Waals surface area (Å²) in [6.07, 6.45) is 1.45. The van der Waals surface area contributed by atoms with Crippen molar-refractivity contribution in [3.63, 3.8) is 0 Å². The minimum atomic E-state index is -0.196. The molecule has 2 rings (SSSR count). The summed E-state index contributed by atoms with van der Waals surface area (Å²) in [5.41, 5.74) is 1.61. The molecule has 7 heteroatoms. The zero-order chi connectivity index (χ0) is 12.4. The Morgan fingerprint density at radius 1 is 1.29 bits per heavy atom. The first-order valence-electron chi connectivity index (χ1n) is 4.80. The molecule has 0 aliphatic carbocycles. The number of nitrogens with one attached hydrogen (secondary N) is 1. The first kappa shape index (κ1) is 12.1. The molecule has 5 nitrogen and oxygen atoms in total. The van der Waals surface area contributed by atoms with Crippen LogP contribution in [0.4, 0.5) is 0 Å². The highest BCUT2D eigenvalue weighted by atomic mass is 35.5. The number of hydrogen-bond acceptors (Lipinski definition) is 5.